The van der Waals surface area contributed by atoms with Gasteiger partial charge in [0.25, 0.3) is 11.5 Å². The fraction of sp³-hybridized carbons (Fsp3) is 0.444. The number of H-pyrrole nitrogens is 1. The van der Waals surface area contributed by atoms with Crippen molar-refractivity contribution in [2.45, 2.75) is 45.7 Å². The average molecular weight is 313 g/mol. The molecule has 5 nitrogen and oxygen atoms in total. The zero-order valence-electron chi connectivity index (χ0n) is 13.6. The van der Waals surface area contributed by atoms with Crippen LogP contribution in [-0.4, -0.2) is 21.5 Å². The first-order valence-corrected chi connectivity index (χ1v) is 8.20. The quantitative estimate of drug-likeness (QED) is 0.908. The van der Waals surface area contributed by atoms with E-state index in [0.717, 1.165) is 31.5 Å². The van der Waals surface area contributed by atoms with Crippen LogP contribution in [0.1, 0.15) is 42.0 Å². The van der Waals surface area contributed by atoms with Gasteiger partial charge in [0.1, 0.15) is 5.69 Å². The summed E-state index contributed by atoms with van der Waals surface area (Å²) in [6.45, 7) is 4.99. The van der Waals surface area contributed by atoms with Crippen molar-refractivity contribution in [1.82, 2.24) is 14.9 Å². The monoisotopic (exact) mass is 313 g/mol. The molecule has 0 aliphatic heterocycles. The smallest absolute Gasteiger partial charge is 0.267 e. The third-order valence-electron chi connectivity index (χ3n) is 4.31. The highest BCUT2D eigenvalue weighted by molar-refractivity contribution is 5.92. The van der Waals surface area contributed by atoms with Crippen LogP contribution >= 0.6 is 0 Å². The summed E-state index contributed by atoms with van der Waals surface area (Å²) < 4.78 is 1.91. The van der Waals surface area contributed by atoms with Gasteiger partial charge in [-0.25, -0.2) is 0 Å². The topological polar surface area (TPSA) is 66.9 Å². The summed E-state index contributed by atoms with van der Waals surface area (Å²) >= 11 is 0. The number of amides is 1. The van der Waals surface area contributed by atoms with Crippen LogP contribution in [0.25, 0.3) is 0 Å². The van der Waals surface area contributed by atoms with Crippen LogP contribution in [0.5, 0.6) is 0 Å². The summed E-state index contributed by atoms with van der Waals surface area (Å²) in [7, 11) is 0. The number of hydrogen-bond acceptors (Lipinski definition) is 2. The summed E-state index contributed by atoms with van der Waals surface area (Å²) in [5.74, 6) is 0.364. The molecule has 1 amide bonds. The third kappa shape index (κ3) is 3.38. The molecule has 0 saturated heterocycles. The second-order valence-corrected chi connectivity index (χ2v) is 6.64. The van der Waals surface area contributed by atoms with Crippen molar-refractivity contribution in [3.05, 3.63) is 57.8 Å². The largest absolute Gasteiger partial charge is 0.357 e. The zero-order valence-corrected chi connectivity index (χ0v) is 13.6. The number of fused-ring (bicyclic) bond motifs is 1. The zero-order chi connectivity index (χ0) is 16.4. The van der Waals surface area contributed by atoms with Crippen molar-refractivity contribution in [1.29, 1.82) is 0 Å². The number of nitrogens with one attached hydrogen (secondary N) is 2. The maximum Gasteiger partial charge on any atom is 0.267 e. The maximum absolute atomic E-state index is 12.2. The molecule has 0 spiro atoms. The summed E-state index contributed by atoms with van der Waals surface area (Å²) in [4.78, 5) is 27.2. The van der Waals surface area contributed by atoms with Gasteiger partial charge in [0.05, 0.1) is 0 Å². The summed E-state index contributed by atoms with van der Waals surface area (Å²) in [6.07, 6.45) is 4.21. The molecule has 1 atom stereocenters. The molecular weight excluding hydrogens is 290 g/mol. The molecule has 2 N–H and O–H groups in total. The highest BCUT2D eigenvalue weighted by atomic mass is 16.2. The van der Waals surface area contributed by atoms with E-state index in [-0.39, 0.29) is 17.5 Å². The van der Waals surface area contributed by atoms with E-state index in [4.69, 9.17) is 0 Å². The molecule has 0 aromatic carbocycles. The van der Waals surface area contributed by atoms with Gasteiger partial charge in [0.15, 0.2) is 0 Å². The van der Waals surface area contributed by atoms with E-state index in [1.165, 1.54) is 5.56 Å². The second kappa shape index (κ2) is 6.44. The van der Waals surface area contributed by atoms with Crippen molar-refractivity contribution >= 4 is 5.91 Å². The summed E-state index contributed by atoms with van der Waals surface area (Å²) in [5, 5.41) is 3.08. The third-order valence-corrected chi connectivity index (χ3v) is 4.31. The maximum atomic E-state index is 12.2. The van der Waals surface area contributed by atoms with E-state index < -0.39 is 0 Å². The van der Waals surface area contributed by atoms with Crippen LogP contribution in [0.4, 0.5) is 0 Å². The first kappa shape index (κ1) is 15.6. The van der Waals surface area contributed by atoms with E-state index >= 15 is 0 Å². The van der Waals surface area contributed by atoms with Crippen LogP contribution in [0, 0.1) is 5.92 Å². The molecule has 1 aliphatic rings. The number of rotatable bonds is 4. The number of carbonyl (C=O) groups excluding carboxylic acids is 1. The van der Waals surface area contributed by atoms with E-state index in [2.05, 4.69) is 24.1 Å². The van der Waals surface area contributed by atoms with Crippen molar-refractivity contribution in [3.8, 4) is 0 Å². The highest BCUT2D eigenvalue weighted by Crippen LogP contribution is 2.21. The van der Waals surface area contributed by atoms with Crippen molar-refractivity contribution in [2.24, 2.45) is 5.92 Å². The SMILES string of the molecule is CC(C)Cn1c2c(ccc1=O)CC(NC(=O)c1ccc[nH]1)CC2. The predicted molar refractivity (Wildman–Crippen MR) is 89.6 cm³/mol. The minimum atomic E-state index is -0.0704. The van der Waals surface area contributed by atoms with Crippen molar-refractivity contribution < 1.29 is 4.79 Å². The Morgan fingerprint density at radius 3 is 2.91 bits per heavy atom. The lowest BCUT2D eigenvalue weighted by molar-refractivity contribution is 0.0929. The lowest BCUT2D eigenvalue weighted by Crippen LogP contribution is -2.40. The fourth-order valence-corrected chi connectivity index (χ4v) is 3.25. The molecule has 23 heavy (non-hydrogen) atoms. The van der Waals surface area contributed by atoms with Crippen LogP contribution in [0.2, 0.25) is 0 Å². The van der Waals surface area contributed by atoms with Gasteiger partial charge in [-0.05, 0) is 42.9 Å². The molecule has 1 unspecified atom stereocenters. The Balaban J connectivity index is 1.76. The average Bonchev–Trinajstić information content (AvgIpc) is 3.04. The van der Waals surface area contributed by atoms with Crippen LogP contribution in [0.3, 0.4) is 0 Å². The van der Waals surface area contributed by atoms with E-state index in [0.29, 0.717) is 11.6 Å². The molecule has 2 aromatic rings. The van der Waals surface area contributed by atoms with Gasteiger partial charge in [-0.3, -0.25) is 9.59 Å². The molecule has 2 aromatic heterocycles. The van der Waals surface area contributed by atoms with Crippen LogP contribution in [0.15, 0.2) is 35.3 Å². The van der Waals surface area contributed by atoms with E-state index in [1.807, 2.05) is 16.7 Å². The molecule has 122 valence electrons. The summed E-state index contributed by atoms with van der Waals surface area (Å²) in [5.41, 5.74) is 2.97. The molecule has 2 heterocycles. The highest BCUT2D eigenvalue weighted by Gasteiger charge is 2.23. The first-order chi connectivity index (χ1) is 11.0. The number of carbonyl (C=O) groups is 1. The minimum absolute atomic E-state index is 0.0704. The van der Waals surface area contributed by atoms with Gasteiger partial charge >= 0.3 is 0 Å². The Morgan fingerprint density at radius 2 is 2.22 bits per heavy atom. The summed E-state index contributed by atoms with van der Waals surface area (Å²) in [6, 6.07) is 7.27. The Hall–Kier alpha value is -2.30. The standard InChI is InChI=1S/C18H23N3O2/c1-12(2)11-21-16-7-6-14(10-13(16)5-8-17(21)22)20-18(23)15-4-3-9-19-15/h3-5,8-9,12,14,19H,6-7,10-11H2,1-2H3,(H,20,23). The van der Waals surface area contributed by atoms with Gasteiger partial charge in [0.2, 0.25) is 0 Å². The second-order valence-electron chi connectivity index (χ2n) is 6.64. The minimum Gasteiger partial charge on any atom is -0.357 e. The van der Waals surface area contributed by atoms with Crippen molar-refractivity contribution in [2.75, 3.05) is 0 Å². The van der Waals surface area contributed by atoms with Crippen LogP contribution in [-0.2, 0) is 19.4 Å². The first-order valence-electron chi connectivity index (χ1n) is 8.20. The Bertz CT molecular complexity index is 744. The van der Waals surface area contributed by atoms with Gasteiger partial charge in [-0.2, -0.15) is 0 Å². The Labute approximate surface area is 135 Å². The van der Waals surface area contributed by atoms with E-state index in [1.54, 1.807) is 18.3 Å². The van der Waals surface area contributed by atoms with E-state index in [9.17, 15) is 9.59 Å². The molecular formula is C18H23N3O2. The Morgan fingerprint density at radius 1 is 1.39 bits per heavy atom. The van der Waals surface area contributed by atoms with Gasteiger partial charge < -0.3 is 14.9 Å². The molecule has 3 rings (SSSR count). The number of hydrogen-bond donors (Lipinski definition) is 2. The molecule has 1 aliphatic carbocycles. The lowest BCUT2D eigenvalue weighted by atomic mass is 9.91. The fourth-order valence-electron chi connectivity index (χ4n) is 3.25. The predicted octanol–water partition coefficient (Wildman–Crippen LogP) is 2.12. The molecule has 5 heteroatoms. The number of aromatic nitrogens is 2. The lowest BCUT2D eigenvalue weighted by Gasteiger charge is -2.28. The molecule has 0 radical (unpaired) electrons. The molecule has 0 saturated carbocycles. The number of pyridine rings is 1. The van der Waals surface area contributed by atoms with Gasteiger partial charge in [-0.15, -0.1) is 0 Å². The molecule has 0 fully saturated rings. The Kier molecular flexibility index (Phi) is 4.37. The molecule has 0 bridgehead atoms. The van der Waals surface area contributed by atoms with Crippen molar-refractivity contribution in [3.63, 3.8) is 0 Å². The van der Waals surface area contributed by atoms with Gasteiger partial charge in [0, 0.05) is 30.5 Å². The normalized spacial score (nSPS) is 17.1. The van der Waals surface area contributed by atoms with Crippen LogP contribution < -0.4 is 10.9 Å². The number of aromatic amines is 1. The number of nitrogens with zero attached hydrogens (tertiary/aromatic N) is 1. The van der Waals surface area contributed by atoms with Gasteiger partial charge in [-0.1, -0.05) is 19.9 Å².